The first kappa shape index (κ1) is 25.4. The number of benzene rings is 1. The quantitative estimate of drug-likeness (QED) is 0.168. The molecule has 1 N–H and O–H groups in total. The number of allylic oxidation sites excluding steroid dienone is 1. The maximum atomic E-state index is 5.54. The third-order valence-electron chi connectivity index (χ3n) is 4.03. The van der Waals surface area contributed by atoms with Crippen LogP contribution in [0, 0.1) is 0 Å². The van der Waals surface area contributed by atoms with Gasteiger partial charge in [-0.25, -0.2) is 0 Å². The van der Waals surface area contributed by atoms with Gasteiger partial charge in [-0.05, 0) is 32.3 Å². The van der Waals surface area contributed by atoms with E-state index in [4.69, 9.17) is 19.2 Å². The van der Waals surface area contributed by atoms with Crippen molar-refractivity contribution in [1.29, 1.82) is 0 Å². The van der Waals surface area contributed by atoms with Crippen LogP contribution in [0.2, 0.25) is 0 Å². The molecule has 0 fully saturated rings. The first-order chi connectivity index (χ1) is 12.6. The third-order valence-corrected chi connectivity index (χ3v) is 4.03. The van der Waals surface area contributed by atoms with Crippen LogP contribution in [0.3, 0.4) is 0 Å². The van der Waals surface area contributed by atoms with Crippen molar-refractivity contribution in [3.05, 3.63) is 30.4 Å². The summed E-state index contributed by atoms with van der Waals surface area (Å²) in [6.45, 7) is 8.28. The van der Waals surface area contributed by atoms with Crippen molar-refractivity contribution in [2.45, 2.75) is 26.2 Å². The minimum Gasteiger partial charge on any atom is -0.493 e. The molecule has 1 rings (SSSR count). The van der Waals surface area contributed by atoms with Gasteiger partial charge < -0.3 is 24.4 Å². The lowest BCUT2D eigenvalue weighted by Gasteiger charge is -2.22. The zero-order chi connectivity index (χ0) is 19.4. The summed E-state index contributed by atoms with van der Waals surface area (Å²) in [6, 6.07) is 3.89. The molecule has 27 heavy (non-hydrogen) atoms. The van der Waals surface area contributed by atoms with Crippen LogP contribution in [0.4, 0.5) is 0 Å². The summed E-state index contributed by atoms with van der Waals surface area (Å²) in [4.78, 5) is 6.89. The molecule has 1 aromatic rings. The molecule has 0 unspecified atom stereocenters. The monoisotopic (exact) mass is 491 g/mol. The van der Waals surface area contributed by atoms with Gasteiger partial charge in [0.25, 0.3) is 0 Å². The summed E-state index contributed by atoms with van der Waals surface area (Å²) < 4.78 is 16.3. The Bertz CT molecular complexity index is 594. The van der Waals surface area contributed by atoms with Crippen LogP contribution in [0.15, 0.2) is 29.8 Å². The van der Waals surface area contributed by atoms with Gasteiger partial charge in [-0.3, -0.25) is 4.99 Å². The highest BCUT2D eigenvalue weighted by Gasteiger charge is 2.15. The third kappa shape index (κ3) is 7.86. The summed E-state index contributed by atoms with van der Waals surface area (Å²) in [7, 11) is 6.93. The number of guanidine groups is 1. The predicted molar refractivity (Wildman–Crippen MR) is 123 cm³/mol. The van der Waals surface area contributed by atoms with E-state index in [1.54, 1.807) is 21.3 Å². The van der Waals surface area contributed by atoms with E-state index in [0.717, 1.165) is 43.9 Å². The SMILES string of the molecule is C=CCCCN(C)C(=NCCc1ccc(OC)c(OC)c1OC)NCC.I. The van der Waals surface area contributed by atoms with E-state index in [2.05, 4.69) is 30.8 Å². The fraction of sp³-hybridized carbons (Fsp3) is 0.550. The molecule has 1 aromatic carbocycles. The molecular formula is C20H34IN3O3. The van der Waals surface area contributed by atoms with Gasteiger partial charge in [0.2, 0.25) is 5.75 Å². The van der Waals surface area contributed by atoms with Gasteiger partial charge in [-0.15, -0.1) is 30.6 Å². The Balaban J connectivity index is 0.00000676. The Morgan fingerprint density at radius 3 is 2.44 bits per heavy atom. The summed E-state index contributed by atoms with van der Waals surface area (Å²) in [5.74, 6) is 2.89. The molecule has 0 aliphatic carbocycles. The number of rotatable bonds is 11. The topological polar surface area (TPSA) is 55.3 Å². The predicted octanol–water partition coefficient (Wildman–Crippen LogP) is 3.74. The zero-order valence-electron chi connectivity index (χ0n) is 17.2. The molecule has 0 aliphatic heterocycles. The minimum absolute atomic E-state index is 0. The molecule has 0 saturated carbocycles. The fourth-order valence-electron chi connectivity index (χ4n) is 2.69. The molecular weight excluding hydrogens is 457 g/mol. The van der Waals surface area contributed by atoms with Crippen LogP contribution in [0.1, 0.15) is 25.3 Å². The Hall–Kier alpha value is -1.64. The Labute approximate surface area is 181 Å². The van der Waals surface area contributed by atoms with Crippen molar-refractivity contribution in [2.24, 2.45) is 4.99 Å². The van der Waals surface area contributed by atoms with E-state index in [-0.39, 0.29) is 24.0 Å². The molecule has 0 bridgehead atoms. The number of nitrogens with zero attached hydrogens (tertiary/aromatic N) is 2. The molecule has 0 amide bonds. The first-order valence-electron chi connectivity index (χ1n) is 9.01. The van der Waals surface area contributed by atoms with E-state index < -0.39 is 0 Å². The van der Waals surface area contributed by atoms with Crippen molar-refractivity contribution in [3.8, 4) is 17.2 Å². The number of hydrogen-bond donors (Lipinski definition) is 1. The summed E-state index contributed by atoms with van der Waals surface area (Å²) in [5, 5.41) is 3.34. The zero-order valence-corrected chi connectivity index (χ0v) is 19.5. The second kappa shape index (κ2) is 14.4. The number of halogens is 1. The number of methoxy groups -OCH3 is 3. The average Bonchev–Trinajstić information content (AvgIpc) is 2.66. The minimum atomic E-state index is 0. The number of aliphatic imine (C=N–C) groups is 1. The standard InChI is InChI=1S/C20H33N3O3.HI/c1-7-9-10-15-23(3)20(21-8-2)22-14-13-16-11-12-17(24-4)19(26-6)18(16)25-5;/h7,11-12H,1,8-10,13-15H2,2-6H3,(H,21,22);1H. The Morgan fingerprint density at radius 1 is 1.19 bits per heavy atom. The normalized spacial score (nSPS) is 10.6. The van der Waals surface area contributed by atoms with E-state index >= 15 is 0 Å². The van der Waals surface area contributed by atoms with E-state index in [0.29, 0.717) is 23.8 Å². The smallest absolute Gasteiger partial charge is 0.203 e. The molecule has 0 atom stereocenters. The molecule has 0 aliphatic rings. The van der Waals surface area contributed by atoms with E-state index in [9.17, 15) is 0 Å². The van der Waals surface area contributed by atoms with Crippen LogP contribution in [0.5, 0.6) is 17.2 Å². The number of nitrogens with one attached hydrogen (secondary N) is 1. The molecule has 0 saturated heterocycles. The fourth-order valence-corrected chi connectivity index (χ4v) is 2.69. The van der Waals surface area contributed by atoms with Gasteiger partial charge in [0, 0.05) is 32.2 Å². The number of ether oxygens (including phenoxy) is 3. The molecule has 0 heterocycles. The van der Waals surface area contributed by atoms with E-state index in [1.807, 2.05) is 18.2 Å². The largest absolute Gasteiger partial charge is 0.493 e. The van der Waals surface area contributed by atoms with Gasteiger partial charge >= 0.3 is 0 Å². The van der Waals surface area contributed by atoms with E-state index in [1.165, 1.54) is 0 Å². The van der Waals surface area contributed by atoms with Crippen molar-refractivity contribution >= 4 is 29.9 Å². The molecule has 0 aromatic heterocycles. The average molecular weight is 491 g/mol. The summed E-state index contributed by atoms with van der Waals surface area (Å²) >= 11 is 0. The lowest BCUT2D eigenvalue weighted by Crippen LogP contribution is -2.39. The highest BCUT2D eigenvalue weighted by atomic mass is 127. The number of hydrogen-bond acceptors (Lipinski definition) is 4. The Morgan fingerprint density at radius 2 is 1.89 bits per heavy atom. The second-order valence-corrected chi connectivity index (χ2v) is 5.83. The Kier molecular flexibility index (Phi) is 13.5. The van der Waals surface area contributed by atoms with Gasteiger partial charge in [0.1, 0.15) is 0 Å². The second-order valence-electron chi connectivity index (χ2n) is 5.83. The number of unbranched alkanes of at least 4 members (excludes halogenated alkanes) is 1. The van der Waals surface area contributed by atoms with Crippen molar-refractivity contribution in [1.82, 2.24) is 10.2 Å². The van der Waals surface area contributed by atoms with Gasteiger partial charge in [-0.1, -0.05) is 12.1 Å². The van der Waals surface area contributed by atoms with Crippen molar-refractivity contribution in [2.75, 3.05) is 48.0 Å². The van der Waals surface area contributed by atoms with Crippen molar-refractivity contribution < 1.29 is 14.2 Å². The van der Waals surface area contributed by atoms with Crippen LogP contribution in [0.25, 0.3) is 0 Å². The van der Waals surface area contributed by atoms with Crippen LogP contribution < -0.4 is 19.5 Å². The van der Waals surface area contributed by atoms with Crippen LogP contribution in [-0.2, 0) is 6.42 Å². The molecule has 7 heteroatoms. The van der Waals surface area contributed by atoms with Gasteiger partial charge in [-0.2, -0.15) is 0 Å². The molecule has 154 valence electrons. The maximum Gasteiger partial charge on any atom is 0.203 e. The van der Waals surface area contributed by atoms with Gasteiger partial charge in [0.05, 0.1) is 21.3 Å². The summed E-state index contributed by atoms with van der Waals surface area (Å²) in [6.07, 6.45) is 4.76. The lowest BCUT2D eigenvalue weighted by molar-refractivity contribution is 0.322. The molecule has 0 radical (unpaired) electrons. The van der Waals surface area contributed by atoms with Crippen molar-refractivity contribution in [3.63, 3.8) is 0 Å². The first-order valence-corrected chi connectivity index (χ1v) is 9.01. The summed E-state index contributed by atoms with van der Waals surface area (Å²) in [5.41, 5.74) is 1.04. The lowest BCUT2D eigenvalue weighted by atomic mass is 10.1. The highest BCUT2D eigenvalue weighted by Crippen LogP contribution is 2.39. The maximum absolute atomic E-state index is 5.54. The highest BCUT2D eigenvalue weighted by molar-refractivity contribution is 14.0. The van der Waals surface area contributed by atoms with Crippen LogP contribution in [-0.4, -0.2) is 58.9 Å². The molecule has 6 nitrogen and oxygen atoms in total. The van der Waals surface area contributed by atoms with Gasteiger partial charge in [0.15, 0.2) is 17.5 Å². The van der Waals surface area contributed by atoms with Crippen LogP contribution >= 0.6 is 24.0 Å². The molecule has 0 spiro atoms.